The molecule has 2 aliphatic rings. The quantitative estimate of drug-likeness (QED) is 0.494. The van der Waals surface area contributed by atoms with Crippen LogP contribution in [0.2, 0.25) is 0 Å². The van der Waals surface area contributed by atoms with E-state index < -0.39 is 36.1 Å². The van der Waals surface area contributed by atoms with Gasteiger partial charge in [0.25, 0.3) is 0 Å². The summed E-state index contributed by atoms with van der Waals surface area (Å²) in [7, 11) is 1.50. The standard InChI is InChI=1S/C21H21F6N7O2/c1-35-16-6-13(7-28-31-16)33-8-11-2-3-12(9-33)17(11)29-19-30-18-14(36-10-20(22,23)24)4-5-15(21(25,26)27)34(18)32-19/h4-7,11-12,17H,2-3,8-10H2,1H3,(H,29,32). The van der Waals surface area contributed by atoms with Crippen molar-refractivity contribution < 1.29 is 35.8 Å². The number of halogens is 6. The molecule has 1 saturated carbocycles. The van der Waals surface area contributed by atoms with Gasteiger partial charge in [-0.15, -0.1) is 10.2 Å². The van der Waals surface area contributed by atoms with E-state index >= 15 is 0 Å². The van der Waals surface area contributed by atoms with Gasteiger partial charge in [0.1, 0.15) is 5.69 Å². The van der Waals surface area contributed by atoms with E-state index in [2.05, 4.69) is 30.5 Å². The molecule has 15 heteroatoms. The first-order chi connectivity index (χ1) is 17.0. The van der Waals surface area contributed by atoms with E-state index in [0.29, 0.717) is 29.6 Å². The molecule has 3 aromatic heterocycles. The molecule has 1 aliphatic heterocycles. The second-order valence-electron chi connectivity index (χ2n) is 8.78. The minimum absolute atomic E-state index is 0.105. The molecule has 1 aliphatic carbocycles. The van der Waals surface area contributed by atoms with Gasteiger partial charge in [-0.3, -0.25) is 0 Å². The molecule has 0 radical (unpaired) electrons. The third kappa shape index (κ3) is 4.78. The van der Waals surface area contributed by atoms with E-state index in [0.717, 1.165) is 24.6 Å². The van der Waals surface area contributed by atoms with E-state index in [1.807, 2.05) is 0 Å². The second-order valence-corrected chi connectivity index (χ2v) is 8.78. The number of methoxy groups -OCH3 is 1. The molecule has 1 N–H and O–H groups in total. The molecule has 2 atom stereocenters. The zero-order valence-electron chi connectivity index (χ0n) is 18.8. The van der Waals surface area contributed by atoms with Gasteiger partial charge in [0.2, 0.25) is 11.8 Å². The number of fused-ring (bicyclic) bond motifs is 3. The predicted octanol–water partition coefficient (Wildman–Crippen LogP) is 3.81. The van der Waals surface area contributed by atoms with E-state index in [9.17, 15) is 26.3 Å². The number of rotatable bonds is 6. The number of hydrogen-bond donors (Lipinski definition) is 1. The van der Waals surface area contributed by atoms with Gasteiger partial charge in [-0.2, -0.15) is 36.4 Å². The Labute approximate surface area is 200 Å². The first kappa shape index (κ1) is 24.2. The molecule has 0 spiro atoms. The summed E-state index contributed by atoms with van der Waals surface area (Å²) in [5.41, 5.74) is -0.769. The largest absolute Gasteiger partial charge is 0.480 e. The van der Waals surface area contributed by atoms with Crippen LogP contribution in [0.1, 0.15) is 18.5 Å². The van der Waals surface area contributed by atoms with E-state index in [1.54, 1.807) is 12.3 Å². The number of nitrogens with one attached hydrogen (secondary N) is 1. The van der Waals surface area contributed by atoms with Crippen molar-refractivity contribution in [1.82, 2.24) is 24.8 Å². The van der Waals surface area contributed by atoms with Gasteiger partial charge >= 0.3 is 12.4 Å². The maximum absolute atomic E-state index is 13.5. The van der Waals surface area contributed by atoms with Crippen LogP contribution in [0, 0.1) is 11.8 Å². The van der Waals surface area contributed by atoms with Gasteiger partial charge in [-0.1, -0.05) is 0 Å². The number of ether oxygens (including phenoxy) is 2. The third-order valence-electron chi connectivity index (χ3n) is 6.45. The second kappa shape index (κ2) is 8.85. The van der Waals surface area contributed by atoms with Crippen LogP contribution in [0.15, 0.2) is 24.4 Å². The summed E-state index contributed by atoms with van der Waals surface area (Å²) in [5, 5.41) is 14.9. The fourth-order valence-corrected chi connectivity index (χ4v) is 4.92. The zero-order chi connectivity index (χ0) is 25.7. The minimum Gasteiger partial charge on any atom is -0.480 e. The lowest BCUT2D eigenvalue weighted by molar-refractivity contribution is -0.153. The van der Waals surface area contributed by atoms with E-state index in [1.165, 1.54) is 7.11 Å². The van der Waals surface area contributed by atoms with Crippen LogP contribution in [0.3, 0.4) is 0 Å². The number of nitrogens with zero attached hydrogens (tertiary/aromatic N) is 6. The maximum atomic E-state index is 13.5. The van der Waals surface area contributed by atoms with Crippen molar-refractivity contribution in [3.8, 4) is 11.6 Å². The smallest absolute Gasteiger partial charge is 0.433 e. The lowest BCUT2D eigenvalue weighted by atomic mass is 9.92. The van der Waals surface area contributed by atoms with Crippen LogP contribution in [-0.4, -0.2) is 63.8 Å². The number of aromatic nitrogens is 5. The summed E-state index contributed by atoms with van der Waals surface area (Å²) in [6, 6.07) is 3.10. The van der Waals surface area contributed by atoms with Crippen molar-refractivity contribution in [3.05, 3.63) is 30.1 Å². The molecule has 1 saturated heterocycles. The summed E-state index contributed by atoms with van der Waals surface area (Å²) in [6.45, 7) is -0.352. The molecule has 5 rings (SSSR count). The Bertz CT molecular complexity index is 1230. The highest BCUT2D eigenvalue weighted by Crippen LogP contribution is 2.40. The number of alkyl halides is 6. The summed E-state index contributed by atoms with van der Waals surface area (Å²) >= 11 is 0. The van der Waals surface area contributed by atoms with Crippen molar-refractivity contribution in [1.29, 1.82) is 0 Å². The first-order valence-electron chi connectivity index (χ1n) is 11.1. The van der Waals surface area contributed by atoms with E-state index in [4.69, 9.17) is 9.47 Å². The van der Waals surface area contributed by atoms with Crippen molar-refractivity contribution in [3.63, 3.8) is 0 Å². The maximum Gasteiger partial charge on any atom is 0.433 e. The third-order valence-corrected chi connectivity index (χ3v) is 6.45. The average Bonchev–Trinajstić information content (AvgIpc) is 3.32. The topological polar surface area (TPSA) is 89.7 Å². The molecular formula is C21H21F6N7O2. The Kier molecular flexibility index (Phi) is 5.95. The molecule has 0 aromatic carbocycles. The van der Waals surface area contributed by atoms with Crippen LogP contribution >= 0.6 is 0 Å². The van der Waals surface area contributed by atoms with Gasteiger partial charge in [0.05, 0.1) is 19.0 Å². The lowest BCUT2D eigenvalue weighted by Gasteiger charge is -2.39. The van der Waals surface area contributed by atoms with Crippen LogP contribution in [0.4, 0.5) is 38.0 Å². The zero-order valence-corrected chi connectivity index (χ0v) is 18.8. The molecule has 3 aromatic rings. The summed E-state index contributed by atoms with van der Waals surface area (Å²) in [6.07, 6.45) is -6.05. The van der Waals surface area contributed by atoms with Crippen LogP contribution < -0.4 is 19.7 Å². The molecule has 4 heterocycles. The Morgan fingerprint density at radius 1 is 1.08 bits per heavy atom. The van der Waals surface area contributed by atoms with Gasteiger partial charge in [0.15, 0.2) is 18.0 Å². The minimum atomic E-state index is -4.80. The molecule has 2 unspecified atom stereocenters. The van der Waals surface area contributed by atoms with Crippen molar-refractivity contribution in [2.24, 2.45) is 11.8 Å². The average molecular weight is 517 g/mol. The number of pyridine rings is 1. The predicted molar refractivity (Wildman–Crippen MR) is 114 cm³/mol. The molecule has 36 heavy (non-hydrogen) atoms. The summed E-state index contributed by atoms with van der Waals surface area (Å²) in [4.78, 5) is 6.23. The van der Waals surface area contributed by atoms with Gasteiger partial charge in [-0.25, -0.2) is 4.52 Å². The van der Waals surface area contributed by atoms with E-state index in [-0.39, 0.29) is 23.8 Å². The Morgan fingerprint density at radius 3 is 2.44 bits per heavy atom. The molecule has 2 fully saturated rings. The summed E-state index contributed by atoms with van der Waals surface area (Å²) < 4.78 is 88.8. The highest BCUT2D eigenvalue weighted by Gasteiger charge is 2.43. The molecule has 194 valence electrons. The monoisotopic (exact) mass is 517 g/mol. The Balaban J connectivity index is 1.39. The molecule has 2 bridgehead atoms. The fourth-order valence-electron chi connectivity index (χ4n) is 4.92. The highest BCUT2D eigenvalue weighted by atomic mass is 19.4. The van der Waals surface area contributed by atoms with Crippen molar-refractivity contribution >= 4 is 17.3 Å². The van der Waals surface area contributed by atoms with Crippen molar-refractivity contribution in [2.75, 3.05) is 37.0 Å². The Hall–Kier alpha value is -3.52. The highest BCUT2D eigenvalue weighted by molar-refractivity contribution is 5.57. The Morgan fingerprint density at radius 2 is 1.81 bits per heavy atom. The van der Waals surface area contributed by atoms with Gasteiger partial charge in [0, 0.05) is 25.2 Å². The number of hydrogen-bond acceptors (Lipinski definition) is 8. The van der Waals surface area contributed by atoms with Gasteiger partial charge in [-0.05, 0) is 36.8 Å². The molecular weight excluding hydrogens is 496 g/mol. The summed E-state index contributed by atoms with van der Waals surface area (Å²) in [5.74, 6) is 0.108. The molecule has 9 nitrogen and oxygen atoms in total. The lowest BCUT2D eigenvalue weighted by Crippen LogP contribution is -2.48. The van der Waals surface area contributed by atoms with Crippen molar-refractivity contribution in [2.45, 2.75) is 31.2 Å². The van der Waals surface area contributed by atoms with Crippen LogP contribution in [0.5, 0.6) is 11.6 Å². The number of piperidine rings is 1. The SMILES string of the molecule is COc1cc(N2CC3CCC(C2)C3Nc2nc3c(OCC(F)(F)F)ccc(C(F)(F)F)n3n2)cnn1. The first-order valence-corrected chi connectivity index (χ1v) is 11.1. The molecule has 0 amide bonds. The fraction of sp³-hybridized carbons (Fsp3) is 0.524. The van der Waals surface area contributed by atoms with Crippen LogP contribution in [0.25, 0.3) is 5.65 Å². The van der Waals surface area contributed by atoms with Gasteiger partial charge < -0.3 is 19.7 Å². The normalized spacial score (nSPS) is 22.2. The number of anilines is 2. The van der Waals surface area contributed by atoms with Crippen LogP contribution in [-0.2, 0) is 6.18 Å².